The fraction of sp³-hybridized carbons (Fsp3) is 0.412. The second-order valence-corrected chi connectivity index (χ2v) is 5.80. The number of aromatic nitrogens is 2. The van der Waals surface area contributed by atoms with Crippen LogP contribution >= 0.6 is 0 Å². The van der Waals surface area contributed by atoms with Crippen molar-refractivity contribution in [2.24, 2.45) is 0 Å². The first-order valence-electron chi connectivity index (χ1n) is 7.80. The molecule has 1 aliphatic rings. The van der Waals surface area contributed by atoms with E-state index in [9.17, 15) is 0 Å². The summed E-state index contributed by atoms with van der Waals surface area (Å²) in [6.07, 6.45) is 1.64. The van der Waals surface area contributed by atoms with Crippen molar-refractivity contribution in [2.75, 3.05) is 62.1 Å². The van der Waals surface area contributed by atoms with Gasteiger partial charge in [-0.2, -0.15) is 0 Å². The lowest BCUT2D eigenvalue weighted by Gasteiger charge is -2.37. The first kappa shape index (κ1) is 15.4. The van der Waals surface area contributed by atoms with Crippen molar-refractivity contribution < 1.29 is 4.74 Å². The lowest BCUT2D eigenvalue weighted by Crippen LogP contribution is -2.46. The molecule has 3 rings (SSSR count). The van der Waals surface area contributed by atoms with Gasteiger partial charge in [-0.15, -0.1) is 0 Å². The van der Waals surface area contributed by atoms with Gasteiger partial charge in [0, 0.05) is 58.1 Å². The van der Waals surface area contributed by atoms with E-state index in [4.69, 9.17) is 4.74 Å². The molecule has 1 fully saturated rings. The van der Waals surface area contributed by atoms with E-state index in [0.717, 1.165) is 43.6 Å². The number of ether oxygens (including phenoxy) is 1. The molecule has 0 bridgehead atoms. The van der Waals surface area contributed by atoms with Gasteiger partial charge >= 0.3 is 0 Å². The van der Waals surface area contributed by atoms with E-state index in [1.54, 1.807) is 13.4 Å². The third-order valence-corrected chi connectivity index (χ3v) is 4.12. The van der Waals surface area contributed by atoms with Crippen molar-refractivity contribution >= 4 is 17.3 Å². The molecule has 1 aromatic heterocycles. The van der Waals surface area contributed by atoms with Crippen molar-refractivity contribution in [3.8, 4) is 5.75 Å². The molecule has 2 heterocycles. The Bertz CT molecular complexity index is 653. The van der Waals surface area contributed by atoms with Crippen molar-refractivity contribution in [3.63, 3.8) is 0 Å². The first-order chi connectivity index (χ1) is 11.2. The smallest absolute Gasteiger partial charge is 0.134 e. The highest BCUT2D eigenvalue weighted by Crippen LogP contribution is 2.24. The molecular weight excluding hydrogens is 290 g/mol. The van der Waals surface area contributed by atoms with E-state index in [0.29, 0.717) is 0 Å². The number of nitrogens with zero attached hydrogens (tertiary/aromatic N) is 5. The van der Waals surface area contributed by atoms with Crippen LogP contribution in [0.3, 0.4) is 0 Å². The summed E-state index contributed by atoms with van der Waals surface area (Å²) in [6.45, 7) is 3.82. The zero-order valence-electron chi connectivity index (χ0n) is 13.9. The van der Waals surface area contributed by atoms with E-state index in [1.807, 2.05) is 37.2 Å². The number of anilines is 3. The predicted octanol–water partition coefficient (Wildman–Crippen LogP) is 1.88. The van der Waals surface area contributed by atoms with Crippen LogP contribution in [-0.4, -0.2) is 57.4 Å². The molecule has 0 spiro atoms. The Balaban J connectivity index is 1.67. The molecule has 23 heavy (non-hydrogen) atoms. The quantitative estimate of drug-likeness (QED) is 0.859. The van der Waals surface area contributed by atoms with Crippen molar-refractivity contribution in [3.05, 3.63) is 36.7 Å². The number of rotatable bonds is 4. The number of benzene rings is 1. The van der Waals surface area contributed by atoms with Gasteiger partial charge in [0.05, 0.1) is 7.11 Å². The fourth-order valence-electron chi connectivity index (χ4n) is 2.76. The van der Waals surface area contributed by atoms with Crippen molar-refractivity contribution in [1.82, 2.24) is 9.97 Å². The maximum absolute atomic E-state index is 5.31. The van der Waals surface area contributed by atoms with Gasteiger partial charge in [-0.05, 0) is 12.1 Å². The van der Waals surface area contributed by atoms with Crippen LogP contribution in [0.15, 0.2) is 36.7 Å². The van der Waals surface area contributed by atoms with Crippen LogP contribution in [-0.2, 0) is 0 Å². The van der Waals surface area contributed by atoms with E-state index >= 15 is 0 Å². The Morgan fingerprint density at radius 2 is 1.74 bits per heavy atom. The third kappa shape index (κ3) is 3.47. The molecule has 0 radical (unpaired) electrons. The maximum atomic E-state index is 5.31. The predicted molar refractivity (Wildman–Crippen MR) is 93.8 cm³/mol. The lowest BCUT2D eigenvalue weighted by molar-refractivity contribution is 0.414. The summed E-state index contributed by atoms with van der Waals surface area (Å²) in [6, 6.07) is 10.3. The van der Waals surface area contributed by atoms with Crippen molar-refractivity contribution in [1.29, 1.82) is 0 Å². The molecule has 0 N–H and O–H groups in total. The summed E-state index contributed by atoms with van der Waals surface area (Å²) in [5, 5.41) is 0. The van der Waals surface area contributed by atoms with Crippen LogP contribution in [0.4, 0.5) is 17.3 Å². The van der Waals surface area contributed by atoms with Gasteiger partial charge in [0.25, 0.3) is 0 Å². The zero-order chi connectivity index (χ0) is 16.2. The maximum Gasteiger partial charge on any atom is 0.134 e. The minimum atomic E-state index is 0.899. The van der Waals surface area contributed by atoms with E-state index in [2.05, 4.69) is 31.9 Å². The van der Waals surface area contributed by atoms with Gasteiger partial charge in [-0.1, -0.05) is 6.07 Å². The number of hydrogen-bond acceptors (Lipinski definition) is 6. The van der Waals surface area contributed by atoms with Crippen LogP contribution in [0.5, 0.6) is 5.75 Å². The third-order valence-electron chi connectivity index (χ3n) is 4.12. The SMILES string of the molecule is COc1cccc(N2CCN(c3cc(N(C)C)ncn3)CC2)c1. The average molecular weight is 313 g/mol. The Kier molecular flexibility index (Phi) is 4.50. The summed E-state index contributed by atoms with van der Waals surface area (Å²) in [4.78, 5) is 15.4. The standard InChI is InChI=1S/C17H23N5O/c1-20(2)16-12-17(19-13-18-16)22-9-7-21(8-10-22)14-5-4-6-15(11-14)23-3/h4-6,11-13H,7-10H2,1-3H3. The molecule has 1 saturated heterocycles. The minimum Gasteiger partial charge on any atom is -0.497 e. The average Bonchev–Trinajstić information content (AvgIpc) is 2.62. The Morgan fingerprint density at radius 3 is 2.43 bits per heavy atom. The van der Waals surface area contributed by atoms with Crippen molar-refractivity contribution in [2.45, 2.75) is 0 Å². The van der Waals surface area contributed by atoms with E-state index in [-0.39, 0.29) is 0 Å². The minimum absolute atomic E-state index is 0.899. The molecule has 2 aromatic rings. The molecule has 0 saturated carbocycles. The highest BCUT2D eigenvalue weighted by Gasteiger charge is 2.19. The van der Waals surface area contributed by atoms with Gasteiger partial charge in [0.15, 0.2) is 0 Å². The Hall–Kier alpha value is -2.50. The molecular formula is C17H23N5O. The molecule has 1 aliphatic heterocycles. The second-order valence-electron chi connectivity index (χ2n) is 5.80. The number of piperazine rings is 1. The molecule has 0 aliphatic carbocycles. The van der Waals surface area contributed by atoms with Crippen LogP contribution in [0.1, 0.15) is 0 Å². The summed E-state index contributed by atoms with van der Waals surface area (Å²) < 4.78 is 5.31. The largest absolute Gasteiger partial charge is 0.497 e. The molecule has 6 nitrogen and oxygen atoms in total. The highest BCUT2D eigenvalue weighted by molar-refractivity contribution is 5.54. The normalized spacial score (nSPS) is 14.7. The summed E-state index contributed by atoms with van der Waals surface area (Å²) in [7, 11) is 5.69. The summed E-state index contributed by atoms with van der Waals surface area (Å²) in [5.41, 5.74) is 1.21. The van der Waals surface area contributed by atoms with Gasteiger partial charge in [0.2, 0.25) is 0 Å². The zero-order valence-corrected chi connectivity index (χ0v) is 13.9. The molecule has 122 valence electrons. The molecule has 0 amide bonds. The molecule has 0 atom stereocenters. The molecule has 1 aromatic carbocycles. The van der Waals surface area contributed by atoms with Crippen LogP contribution < -0.4 is 19.4 Å². The van der Waals surface area contributed by atoms with Crippen LogP contribution in [0.25, 0.3) is 0 Å². The number of methoxy groups -OCH3 is 1. The Labute approximate surface area is 137 Å². The van der Waals surface area contributed by atoms with E-state index < -0.39 is 0 Å². The molecule has 0 unspecified atom stereocenters. The summed E-state index contributed by atoms with van der Waals surface area (Å²) >= 11 is 0. The van der Waals surface area contributed by atoms with E-state index in [1.165, 1.54) is 5.69 Å². The number of hydrogen-bond donors (Lipinski definition) is 0. The lowest BCUT2D eigenvalue weighted by atomic mass is 10.2. The van der Waals surface area contributed by atoms with Gasteiger partial charge in [-0.3, -0.25) is 0 Å². The monoisotopic (exact) mass is 313 g/mol. The highest BCUT2D eigenvalue weighted by atomic mass is 16.5. The molecule has 6 heteroatoms. The Morgan fingerprint density at radius 1 is 1.00 bits per heavy atom. The topological polar surface area (TPSA) is 44.7 Å². The second kappa shape index (κ2) is 6.73. The van der Waals surface area contributed by atoms with Gasteiger partial charge in [-0.25, -0.2) is 9.97 Å². The van der Waals surface area contributed by atoms with Gasteiger partial charge < -0.3 is 19.4 Å². The fourth-order valence-corrected chi connectivity index (χ4v) is 2.76. The summed E-state index contributed by atoms with van der Waals surface area (Å²) in [5.74, 6) is 2.83. The first-order valence-corrected chi connectivity index (χ1v) is 7.80. The van der Waals surface area contributed by atoms with Crippen LogP contribution in [0.2, 0.25) is 0 Å². The van der Waals surface area contributed by atoms with Gasteiger partial charge in [0.1, 0.15) is 23.7 Å². The van der Waals surface area contributed by atoms with Crippen LogP contribution in [0, 0.1) is 0 Å².